The molecule has 0 unspecified atom stereocenters. The summed E-state index contributed by atoms with van der Waals surface area (Å²) in [6.45, 7) is 4.48. The summed E-state index contributed by atoms with van der Waals surface area (Å²) in [5, 5.41) is 0.773. The summed E-state index contributed by atoms with van der Waals surface area (Å²) < 4.78 is 0. The molecule has 3 nitrogen and oxygen atoms in total. The number of hydrogen-bond donors (Lipinski definition) is 0. The highest BCUT2D eigenvalue weighted by atomic mass is 32.1. The van der Waals surface area contributed by atoms with Gasteiger partial charge in [0.1, 0.15) is 0 Å². The van der Waals surface area contributed by atoms with Gasteiger partial charge in [0.25, 0.3) is 0 Å². The van der Waals surface area contributed by atoms with Crippen LogP contribution in [0.1, 0.15) is 25.7 Å². The van der Waals surface area contributed by atoms with Gasteiger partial charge in [-0.15, -0.1) is 0 Å². The van der Waals surface area contributed by atoms with E-state index >= 15 is 0 Å². The molecule has 0 amide bonds. The fourth-order valence-electron chi connectivity index (χ4n) is 1.98. The van der Waals surface area contributed by atoms with Gasteiger partial charge in [-0.05, 0) is 37.9 Å². The molecule has 2 aliphatic rings. The minimum atomic E-state index is 0.773. The van der Waals surface area contributed by atoms with E-state index < -0.39 is 0 Å². The van der Waals surface area contributed by atoms with Crippen LogP contribution in [0.5, 0.6) is 0 Å². The number of aliphatic imine (C=N–C) groups is 1. The molecule has 2 saturated heterocycles. The fraction of sp³-hybridized carbons (Fsp3) is 0.800. The zero-order valence-corrected chi connectivity index (χ0v) is 9.30. The lowest BCUT2D eigenvalue weighted by molar-refractivity contribution is 0.516. The predicted octanol–water partition coefficient (Wildman–Crippen LogP) is 1.49. The summed E-state index contributed by atoms with van der Waals surface area (Å²) in [4.78, 5) is 8.80. The summed E-state index contributed by atoms with van der Waals surface area (Å²) >= 11 is 5.25. The second-order valence-corrected chi connectivity index (χ2v) is 4.33. The van der Waals surface area contributed by atoms with Crippen molar-refractivity contribution in [2.24, 2.45) is 4.99 Å². The molecule has 0 bridgehead atoms. The Morgan fingerprint density at radius 3 is 2.21 bits per heavy atom. The summed E-state index contributed by atoms with van der Waals surface area (Å²) in [5.74, 6) is 0. The summed E-state index contributed by atoms with van der Waals surface area (Å²) in [5.41, 5.74) is 0. The molecule has 0 aliphatic carbocycles. The molecule has 0 spiro atoms. The molecule has 0 radical (unpaired) electrons. The van der Waals surface area contributed by atoms with Gasteiger partial charge in [0, 0.05) is 26.2 Å². The second kappa shape index (κ2) is 4.73. The van der Waals surface area contributed by atoms with Crippen molar-refractivity contribution in [1.29, 1.82) is 0 Å². The van der Waals surface area contributed by atoms with Crippen molar-refractivity contribution in [1.82, 2.24) is 9.80 Å². The zero-order valence-electron chi connectivity index (χ0n) is 8.48. The monoisotopic (exact) mass is 211 g/mol. The Bertz CT molecular complexity index is 228. The molecule has 2 rings (SSSR count). The van der Waals surface area contributed by atoms with Crippen molar-refractivity contribution in [3.63, 3.8) is 0 Å². The topological polar surface area (TPSA) is 18.8 Å². The van der Waals surface area contributed by atoms with Gasteiger partial charge in [0.15, 0.2) is 5.11 Å². The molecule has 2 heterocycles. The molecule has 0 atom stereocenters. The standard InChI is InChI=1S/C10H17N3S/c14-10(13-7-3-4-8-13)11-9-12-5-1-2-6-12/h9H,1-8H2/b11-9-. The Labute approximate surface area is 90.8 Å². The second-order valence-electron chi connectivity index (χ2n) is 3.96. The van der Waals surface area contributed by atoms with Crippen molar-refractivity contribution in [2.45, 2.75) is 25.7 Å². The first-order valence-corrected chi connectivity index (χ1v) is 5.84. The SMILES string of the molecule is S=C(/N=C\N1CCCC1)N1CCCC1. The number of nitrogens with zero attached hydrogens (tertiary/aromatic N) is 3. The maximum atomic E-state index is 5.25. The van der Waals surface area contributed by atoms with Gasteiger partial charge in [0.05, 0.1) is 6.34 Å². The lowest BCUT2D eigenvalue weighted by Crippen LogP contribution is -2.26. The molecule has 0 aromatic rings. The van der Waals surface area contributed by atoms with E-state index in [4.69, 9.17) is 12.2 Å². The van der Waals surface area contributed by atoms with E-state index in [1.807, 2.05) is 6.34 Å². The van der Waals surface area contributed by atoms with Crippen LogP contribution in [0.4, 0.5) is 0 Å². The van der Waals surface area contributed by atoms with Crippen LogP contribution in [0.25, 0.3) is 0 Å². The lowest BCUT2D eigenvalue weighted by Gasteiger charge is -2.15. The highest BCUT2D eigenvalue weighted by Crippen LogP contribution is 2.09. The van der Waals surface area contributed by atoms with E-state index in [1.54, 1.807) is 0 Å². The van der Waals surface area contributed by atoms with Crippen LogP contribution in [0.3, 0.4) is 0 Å². The normalized spacial score (nSPS) is 22.6. The minimum Gasteiger partial charge on any atom is -0.363 e. The number of thiocarbonyl (C=S) groups is 1. The van der Waals surface area contributed by atoms with E-state index in [9.17, 15) is 0 Å². The van der Waals surface area contributed by atoms with E-state index in [0.717, 1.165) is 31.3 Å². The fourth-order valence-corrected chi connectivity index (χ4v) is 2.21. The van der Waals surface area contributed by atoms with E-state index in [2.05, 4.69) is 14.8 Å². The van der Waals surface area contributed by atoms with Crippen LogP contribution >= 0.6 is 12.2 Å². The third kappa shape index (κ3) is 2.44. The average molecular weight is 211 g/mol. The smallest absolute Gasteiger partial charge is 0.196 e. The van der Waals surface area contributed by atoms with Gasteiger partial charge in [-0.3, -0.25) is 0 Å². The number of likely N-dealkylation sites (tertiary alicyclic amines) is 2. The first-order chi connectivity index (χ1) is 6.86. The molecular weight excluding hydrogens is 194 g/mol. The quantitative estimate of drug-likeness (QED) is 0.372. The largest absolute Gasteiger partial charge is 0.363 e. The van der Waals surface area contributed by atoms with Gasteiger partial charge in [-0.25, -0.2) is 4.99 Å². The van der Waals surface area contributed by atoms with Crippen molar-refractivity contribution in [2.75, 3.05) is 26.2 Å². The first kappa shape index (κ1) is 9.90. The molecule has 4 heteroatoms. The molecule has 0 N–H and O–H groups in total. The highest BCUT2D eigenvalue weighted by Gasteiger charge is 2.14. The maximum Gasteiger partial charge on any atom is 0.196 e. The summed E-state index contributed by atoms with van der Waals surface area (Å²) in [6.07, 6.45) is 7.04. The Morgan fingerprint density at radius 2 is 1.57 bits per heavy atom. The van der Waals surface area contributed by atoms with Gasteiger partial charge >= 0.3 is 0 Å². The van der Waals surface area contributed by atoms with Crippen molar-refractivity contribution in [3.05, 3.63) is 0 Å². The van der Waals surface area contributed by atoms with Crippen molar-refractivity contribution < 1.29 is 0 Å². The molecule has 2 fully saturated rings. The van der Waals surface area contributed by atoms with Gasteiger partial charge in [-0.2, -0.15) is 0 Å². The third-order valence-corrected chi connectivity index (χ3v) is 3.21. The summed E-state index contributed by atoms with van der Waals surface area (Å²) in [6, 6.07) is 0. The van der Waals surface area contributed by atoms with E-state index in [1.165, 1.54) is 25.7 Å². The van der Waals surface area contributed by atoms with Crippen LogP contribution in [-0.4, -0.2) is 47.4 Å². The third-order valence-electron chi connectivity index (χ3n) is 2.85. The van der Waals surface area contributed by atoms with Crippen LogP contribution in [0.15, 0.2) is 4.99 Å². The molecule has 0 aromatic carbocycles. The number of hydrogen-bond acceptors (Lipinski definition) is 1. The Morgan fingerprint density at radius 1 is 1.00 bits per heavy atom. The maximum absolute atomic E-state index is 5.25. The minimum absolute atomic E-state index is 0.773. The Balaban J connectivity index is 1.80. The molecule has 0 aromatic heterocycles. The lowest BCUT2D eigenvalue weighted by atomic mass is 10.4. The van der Waals surface area contributed by atoms with Crippen LogP contribution in [0.2, 0.25) is 0 Å². The predicted molar refractivity (Wildman–Crippen MR) is 62.7 cm³/mol. The average Bonchev–Trinajstić information content (AvgIpc) is 2.87. The Hall–Kier alpha value is -0.640. The molecule has 78 valence electrons. The van der Waals surface area contributed by atoms with Gasteiger partial charge in [0.2, 0.25) is 0 Å². The first-order valence-electron chi connectivity index (χ1n) is 5.43. The van der Waals surface area contributed by atoms with Crippen molar-refractivity contribution >= 4 is 23.7 Å². The van der Waals surface area contributed by atoms with Crippen LogP contribution in [0, 0.1) is 0 Å². The van der Waals surface area contributed by atoms with E-state index in [-0.39, 0.29) is 0 Å². The number of rotatable bonds is 1. The van der Waals surface area contributed by atoms with E-state index in [0.29, 0.717) is 0 Å². The van der Waals surface area contributed by atoms with Gasteiger partial charge < -0.3 is 9.80 Å². The molecule has 14 heavy (non-hydrogen) atoms. The molecular formula is C10H17N3S. The summed E-state index contributed by atoms with van der Waals surface area (Å²) in [7, 11) is 0. The Kier molecular flexibility index (Phi) is 3.35. The molecule has 0 saturated carbocycles. The van der Waals surface area contributed by atoms with Gasteiger partial charge in [-0.1, -0.05) is 0 Å². The van der Waals surface area contributed by atoms with Crippen LogP contribution < -0.4 is 0 Å². The molecule has 2 aliphatic heterocycles. The van der Waals surface area contributed by atoms with Crippen LogP contribution in [-0.2, 0) is 0 Å². The highest BCUT2D eigenvalue weighted by molar-refractivity contribution is 7.80. The van der Waals surface area contributed by atoms with Crippen molar-refractivity contribution in [3.8, 4) is 0 Å². The zero-order chi connectivity index (χ0) is 9.80.